The summed E-state index contributed by atoms with van der Waals surface area (Å²) in [5.74, 6) is 0.0590. The van der Waals surface area contributed by atoms with E-state index in [9.17, 15) is 9.59 Å². The van der Waals surface area contributed by atoms with E-state index in [0.29, 0.717) is 13.0 Å². The molecule has 0 unspecified atom stereocenters. The highest BCUT2D eigenvalue weighted by Crippen LogP contribution is 2.21. The van der Waals surface area contributed by atoms with Crippen molar-refractivity contribution in [1.29, 1.82) is 0 Å². The molecule has 1 aromatic rings. The molecule has 2 rings (SSSR count). The number of hydrogen-bond donors (Lipinski definition) is 0. The Morgan fingerprint density at radius 2 is 2.00 bits per heavy atom. The van der Waals surface area contributed by atoms with Gasteiger partial charge in [0.15, 0.2) is 0 Å². The first-order valence-electron chi connectivity index (χ1n) is 5.71. The van der Waals surface area contributed by atoms with Gasteiger partial charge in [-0.1, -0.05) is 30.3 Å². The molecule has 1 atom stereocenters. The van der Waals surface area contributed by atoms with Crippen molar-refractivity contribution in [3.63, 3.8) is 0 Å². The smallest absolute Gasteiger partial charge is 0.227 e. The van der Waals surface area contributed by atoms with Crippen molar-refractivity contribution in [3.05, 3.63) is 35.9 Å². The van der Waals surface area contributed by atoms with Crippen LogP contribution in [0.25, 0.3) is 0 Å². The van der Waals surface area contributed by atoms with Gasteiger partial charge in [-0.2, -0.15) is 0 Å². The van der Waals surface area contributed by atoms with Crippen molar-refractivity contribution in [1.82, 2.24) is 4.90 Å². The molecule has 0 aliphatic carbocycles. The van der Waals surface area contributed by atoms with Gasteiger partial charge in [-0.3, -0.25) is 9.59 Å². The maximum Gasteiger partial charge on any atom is 0.227 e. The molecule has 1 heterocycles. The molecule has 90 valence electrons. The van der Waals surface area contributed by atoms with Gasteiger partial charge in [0.05, 0.1) is 6.42 Å². The van der Waals surface area contributed by atoms with Gasteiger partial charge >= 0.3 is 0 Å². The van der Waals surface area contributed by atoms with Crippen LogP contribution in [0.5, 0.6) is 0 Å². The Morgan fingerprint density at radius 1 is 1.29 bits per heavy atom. The first kappa shape index (κ1) is 12.5. The minimum absolute atomic E-state index is 0.0590. The number of benzene rings is 1. The van der Waals surface area contributed by atoms with Gasteiger partial charge in [-0.15, -0.1) is 0 Å². The van der Waals surface area contributed by atoms with Crippen LogP contribution in [0.2, 0.25) is 0 Å². The fourth-order valence-corrected chi connectivity index (χ4v) is 2.82. The highest BCUT2D eigenvalue weighted by atomic mass is 127. The Balaban J connectivity index is 2.03. The van der Waals surface area contributed by atoms with E-state index in [-0.39, 0.29) is 15.7 Å². The quantitative estimate of drug-likeness (QED) is 0.623. The lowest BCUT2D eigenvalue weighted by Crippen LogP contribution is -2.39. The van der Waals surface area contributed by atoms with E-state index >= 15 is 0 Å². The van der Waals surface area contributed by atoms with Gasteiger partial charge in [-0.05, 0) is 18.4 Å². The zero-order valence-corrected chi connectivity index (χ0v) is 11.6. The molecule has 3 nitrogen and oxygen atoms in total. The third kappa shape index (κ3) is 3.06. The highest BCUT2D eigenvalue weighted by molar-refractivity contribution is 14.1. The minimum Gasteiger partial charge on any atom is -0.332 e. The van der Waals surface area contributed by atoms with Crippen molar-refractivity contribution in [2.24, 2.45) is 0 Å². The van der Waals surface area contributed by atoms with E-state index in [1.54, 1.807) is 27.5 Å². The van der Waals surface area contributed by atoms with Crippen molar-refractivity contribution in [2.45, 2.75) is 25.3 Å². The lowest BCUT2D eigenvalue weighted by Gasteiger charge is -2.21. The molecule has 1 aliphatic rings. The molecule has 0 aromatic heterocycles. The number of hydrogen-bond acceptors (Lipinski definition) is 2. The fraction of sp³-hybridized carbons (Fsp3) is 0.385. The van der Waals surface area contributed by atoms with Crippen LogP contribution in [-0.2, 0) is 16.0 Å². The van der Waals surface area contributed by atoms with Gasteiger partial charge in [-0.25, -0.2) is 0 Å². The lowest BCUT2D eigenvalue weighted by molar-refractivity contribution is -0.134. The topological polar surface area (TPSA) is 37.4 Å². The van der Waals surface area contributed by atoms with Gasteiger partial charge in [0.25, 0.3) is 0 Å². The largest absolute Gasteiger partial charge is 0.332 e. The highest BCUT2D eigenvalue weighted by Gasteiger charge is 2.32. The maximum absolute atomic E-state index is 12.1. The number of likely N-dealkylation sites (tertiary alicyclic amines) is 1. The third-order valence-electron chi connectivity index (χ3n) is 3.03. The molecule has 1 aliphatic heterocycles. The molecule has 1 amide bonds. The zero-order chi connectivity index (χ0) is 12.3. The number of carbonyl (C=O) groups excluding carboxylic acids is 2. The van der Waals surface area contributed by atoms with Crippen LogP contribution in [0.4, 0.5) is 0 Å². The fourth-order valence-electron chi connectivity index (χ4n) is 2.17. The Bertz CT molecular complexity index is 419. The summed E-state index contributed by atoms with van der Waals surface area (Å²) < 4.78 is 0.0708. The monoisotopic (exact) mass is 343 g/mol. The predicted octanol–water partition coefficient (Wildman–Crippen LogP) is 2.18. The standard InChI is InChI=1S/C13H14INO2/c14-13(17)11-7-4-8-15(11)12(16)9-10-5-2-1-3-6-10/h1-3,5-6,11H,4,7-9H2/t11-/m0/s1. The summed E-state index contributed by atoms with van der Waals surface area (Å²) >= 11 is 1.79. The molecule has 1 aromatic carbocycles. The van der Waals surface area contributed by atoms with E-state index in [1.807, 2.05) is 30.3 Å². The Labute approximate surface area is 114 Å². The Hall–Kier alpha value is -0.910. The van der Waals surface area contributed by atoms with Gasteiger partial charge < -0.3 is 4.90 Å². The molecular weight excluding hydrogens is 329 g/mol. The van der Waals surface area contributed by atoms with Crippen molar-refractivity contribution >= 4 is 32.3 Å². The molecule has 1 saturated heterocycles. The zero-order valence-electron chi connectivity index (χ0n) is 9.43. The van der Waals surface area contributed by atoms with E-state index in [0.717, 1.165) is 18.4 Å². The minimum atomic E-state index is -0.202. The van der Waals surface area contributed by atoms with E-state index < -0.39 is 0 Å². The van der Waals surface area contributed by atoms with E-state index in [2.05, 4.69) is 0 Å². The average Bonchev–Trinajstić information content (AvgIpc) is 2.79. The summed E-state index contributed by atoms with van der Waals surface area (Å²) in [6.45, 7) is 0.713. The van der Waals surface area contributed by atoms with E-state index in [1.165, 1.54) is 0 Å². The summed E-state index contributed by atoms with van der Waals surface area (Å²) in [5.41, 5.74) is 1.00. The normalized spacial score (nSPS) is 19.4. The molecule has 0 spiro atoms. The van der Waals surface area contributed by atoms with Crippen molar-refractivity contribution in [3.8, 4) is 0 Å². The molecule has 17 heavy (non-hydrogen) atoms. The number of nitrogens with zero attached hydrogens (tertiary/aromatic N) is 1. The lowest BCUT2D eigenvalue weighted by atomic mass is 10.1. The van der Waals surface area contributed by atoms with E-state index in [4.69, 9.17) is 0 Å². The first-order chi connectivity index (χ1) is 8.18. The Kier molecular flexibility index (Phi) is 4.15. The Morgan fingerprint density at radius 3 is 2.65 bits per heavy atom. The van der Waals surface area contributed by atoms with Gasteiger partial charge in [0, 0.05) is 29.1 Å². The summed E-state index contributed by atoms with van der Waals surface area (Å²) in [4.78, 5) is 25.2. The number of amides is 1. The summed E-state index contributed by atoms with van der Waals surface area (Å²) in [7, 11) is 0. The average molecular weight is 343 g/mol. The first-order valence-corrected chi connectivity index (χ1v) is 6.79. The SMILES string of the molecule is O=C(I)[C@@H]1CCCN1C(=O)Cc1ccccc1. The summed E-state index contributed by atoms with van der Waals surface area (Å²) in [6, 6.07) is 9.46. The molecule has 0 N–H and O–H groups in total. The molecule has 0 bridgehead atoms. The van der Waals surface area contributed by atoms with Crippen molar-refractivity contribution in [2.75, 3.05) is 6.54 Å². The van der Waals surface area contributed by atoms with Crippen molar-refractivity contribution < 1.29 is 9.59 Å². The summed E-state index contributed by atoms with van der Waals surface area (Å²) in [5, 5.41) is 0. The van der Waals surface area contributed by atoms with Crippen LogP contribution >= 0.6 is 22.6 Å². The van der Waals surface area contributed by atoms with Crippen LogP contribution in [0, 0.1) is 0 Å². The molecule has 0 saturated carbocycles. The van der Waals surface area contributed by atoms with Crippen LogP contribution in [0.1, 0.15) is 18.4 Å². The molecular formula is C13H14INO2. The second-order valence-corrected chi connectivity index (χ2v) is 5.27. The molecule has 4 heteroatoms. The van der Waals surface area contributed by atoms with Crippen LogP contribution in [0.3, 0.4) is 0 Å². The second kappa shape index (κ2) is 5.62. The molecule has 1 fully saturated rings. The van der Waals surface area contributed by atoms with Crippen LogP contribution in [0.15, 0.2) is 30.3 Å². The summed E-state index contributed by atoms with van der Waals surface area (Å²) in [6.07, 6.45) is 2.13. The molecule has 0 radical (unpaired) electrons. The number of halogens is 1. The van der Waals surface area contributed by atoms with Crippen LogP contribution in [-0.4, -0.2) is 27.2 Å². The number of rotatable bonds is 3. The number of carbonyl (C=O) groups is 2. The predicted molar refractivity (Wildman–Crippen MR) is 73.9 cm³/mol. The van der Waals surface area contributed by atoms with Crippen LogP contribution < -0.4 is 0 Å². The second-order valence-electron chi connectivity index (χ2n) is 4.21. The maximum atomic E-state index is 12.1. The van der Waals surface area contributed by atoms with Gasteiger partial charge in [0.1, 0.15) is 6.04 Å². The van der Waals surface area contributed by atoms with Gasteiger partial charge in [0.2, 0.25) is 9.70 Å². The third-order valence-corrected chi connectivity index (χ3v) is 3.75.